The summed E-state index contributed by atoms with van der Waals surface area (Å²) in [5, 5.41) is 8.72. The van der Waals surface area contributed by atoms with Gasteiger partial charge in [-0.15, -0.1) is 0 Å². The number of benzene rings is 1. The van der Waals surface area contributed by atoms with Crippen molar-refractivity contribution in [1.29, 1.82) is 0 Å². The Labute approximate surface area is 138 Å². The van der Waals surface area contributed by atoms with Gasteiger partial charge in [-0.05, 0) is 32.9 Å². The van der Waals surface area contributed by atoms with Gasteiger partial charge in [-0.25, -0.2) is 4.39 Å². The van der Waals surface area contributed by atoms with Gasteiger partial charge in [-0.2, -0.15) is 0 Å². The third kappa shape index (κ3) is 4.52. The number of rotatable bonds is 5. The van der Waals surface area contributed by atoms with Gasteiger partial charge in [0.25, 0.3) is 0 Å². The highest BCUT2D eigenvalue weighted by molar-refractivity contribution is 6.02. The fourth-order valence-electron chi connectivity index (χ4n) is 1.93. The summed E-state index contributed by atoms with van der Waals surface area (Å²) in [5.41, 5.74) is 0.595. The van der Waals surface area contributed by atoms with Crippen LogP contribution >= 0.6 is 0 Å². The second-order valence-electron chi connectivity index (χ2n) is 5.36. The molecule has 2 amide bonds. The third-order valence-corrected chi connectivity index (χ3v) is 3.26. The van der Waals surface area contributed by atoms with Gasteiger partial charge in [-0.3, -0.25) is 9.59 Å². The van der Waals surface area contributed by atoms with Crippen molar-refractivity contribution >= 4 is 23.7 Å². The summed E-state index contributed by atoms with van der Waals surface area (Å²) in [4.78, 5) is 24.1. The highest BCUT2D eigenvalue weighted by atomic mass is 19.1. The zero-order chi connectivity index (χ0) is 17.7. The van der Waals surface area contributed by atoms with E-state index in [4.69, 9.17) is 4.52 Å². The van der Waals surface area contributed by atoms with Gasteiger partial charge in [0.2, 0.25) is 11.8 Å². The fraction of sp³-hybridized carbons (Fsp3) is 0.235. The van der Waals surface area contributed by atoms with Crippen molar-refractivity contribution in [2.24, 2.45) is 0 Å². The number of amides is 2. The molecule has 0 aliphatic carbocycles. The molecule has 0 unspecified atom stereocenters. The van der Waals surface area contributed by atoms with Crippen LogP contribution in [0, 0.1) is 12.7 Å². The number of hydrogen-bond donors (Lipinski definition) is 2. The molecule has 0 aliphatic heterocycles. The second-order valence-corrected chi connectivity index (χ2v) is 5.36. The van der Waals surface area contributed by atoms with Crippen LogP contribution in [0.4, 0.5) is 10.2 Å². The van der Waals surface area contributed by atoms with Crippen LogP contribution in [0.5, 0.6) is 0 Å². The number of aromatic nitrogens is 1. The van der Waals surface area contributed by atoms with Crippen molar-refractivity contribution in [3.8, 4) is 0 Å². The standard InChI is InChI=1S/C17H18FN3O3/c1-10(8-13-6-4-5-7-14(13)18)16(22)19-12(3)17(23)20-15-9-11(2)24-21-15/h4-9,12H,1-3H3,(H,19,22)(H,20,21,23)/b10-8+/t12-/m0/s1. The number of carbonyl (C=O) groups excluding carboxylic acids is 2. The molecule has 2 rings (SSSR count). The second kappa shape index (κ2) is 7.54. The fourth-order valence-corrected chi connectivity index (χ4v) is 1.93. The zero-order valence-electron chi connectivity index (χ0n) is 13.6. The van der Waals surface area contributed by atoms with Crippen LogP contribution in [-0.4, -0.2) is 23.0 Å². The van der Waals surface area contributed by atoms with Gasteiger partial charge in [0.05, 0.1) is 0 Å². The number of aryl methyl sites for hydroxylation is 1. The Morgan fingerprint density at radius 1 is 1.33 bits per heavy atom. The minimum atomic E-state index is -0.793. The molecule has 1 aromatic heterocycles. The van der Waals surface area contributed by atoms with Crippen molar-refractivity contribution in [3.63, 3.8) is 0 Å². The number of hydrogen-bond acceptors (Lipinski definition) is 4. The molecule has 1 aromatic carbocycles. The largest absolute Gasteiger partial charge is 0.360 e. The van der Waals surface area contributed by atoms with Crippen molar-refractivity contribution in [2.45, 2.75) is 26.8 Å². The molecule has 126 valence electrons. The summed E-state index contributed by atoms with van der Waals surface area (Å²) in [6.45, 7) is 4.79. The topological polar surface area (TPSA) is 84.2 Å². The van der Waals surface area contributed by atoms with Crippen LogP contribution in [-0.2, 0) is 9.59 Å². The molecular weight excluding hydrogens is 313 g/mol. The normalized spacial score (nSPS) is 12.6. The van der Waals surface area contributed by atoms with E-state index >= 15 is 0 Å². The molecule has 0 saturated heterocycles. The number of halogens is 1. The Hall–Kier alpha value is -2.96. The average Bonchev–Trinajstić information content (AvgIpc) is 2.94. The van der Waals surface area contributed by atoms with E-state index in [1.54, 1.807) is 38.1 Å². The molecule has 1 atom stereocenters. The van der Waals surface area contributed by atoms with E-state index in [1.807, 2.05) is 0 Å². The molecule has 1 heterocycles. The maximum Gasteiger partial charge on any atom is 0.247 e. The van der Waals surface area contributed by atoms with Crippen LogP contribution in [0.25, 0.3) is 6.08 Å². The van der Waals surface area contributed by atoms with E-state index in [-0.39, 0.29) is 11.4 Å². The van der Waals surface area contributed by atoms with Crippen molar-refractivity contribution in [1.82, 2.24) is 10.5 Å². The molecule has 0 spiro atoms. The number of nitrogens with one attached hydrogen (secondary N) is 2. The summed E-state index contributed by atoms with van der Waals surface area (Å²) in [6, 6.07) is 6.90. The minimum Gasteiger partial charge on any atom is -0.360 e. The Balaban J connectivity index is 1.97. The SMILES string of the molecule is C/C(=C\c1ccccc1F)C(=O)N[C@@H](C)C(=O)Nc1cc(C)on1. The van der Waals surface area contributed by atoms with Crippen molar-refractivity contribution in [3.05, 3.63) is 53.0 Å². The summed E-state index contributed by atoms with van der Waals surface area (Å²) in [7, 11) is 0. The average molecular weight is 331 g/mol. The van der Waals surface area contributed by atoms with Gasteiger partial charge < -0.3 is 15.2 Å². The summed E-state index contributed by atoms with van der Waals surface area (Å²) in [5.74, 6) is -0.479. The maximum absolute atomic E-state index is 13.6. The molecular formula is C17H18FN3O3. The van der Waals surface area contributed by atoms with Crippen LogP contribution < -0.4 is 10.6 Å². The Morgan fingerprint density at radius 3 is 2.67 bits per heavy atom. The molecule has 7 heteroatoms. The van der Waals surface area contributed by atoms with Crippen LogP contribution in [0.15, 0.2) is 40.4 Å². The first-order valence-electron chi connectivity index (χ1n) is 7.34. The van der Waals surface area contributed by atoms with E-state index in [9.17, 15) is 14.0 Å². The van der Waals surface area contributed by atoms with E-state index in [1.165, 1.54) is 19.1 Å². The highest BCUT2D eigenvalue weighted by Gasteiger charge is 2.18. The Kier molecular flexibility index (Phi) is 5.47. The zero-order valence-corrected chi connectivity index (χ0v) is 13.6. The van der Waals surface area contributed by atoms with Crippen LogP contribution in [0.2, 0.25) is 0 Å². The predicted molar refractivity (Wildman–Crippen MR) is 87.5 cm³/mol. The summed E-state index contributed by atoms with van der Waals surface area (Å²) >= 11 is 0. The summed E-state index contributed by atoms with van der Waals surface area (Å²) < 4.78 is 18.4. The first kappa shape index (κ1) is 17.4. The highest BCUT2D eigenvalue weighted by Crippen LogP contribution is 2.12. The van der Waals surface area contributed by atoms with Crippen molar-refractivity contribution < 1.29 is 18.5 Å². The van der Waals surface area contributed by atoms with E-state index < -0.39 is 23.7 Å². The van der Waals surface area contributed by atoms with Gasteiger partial charge in [0.1, 0.15) is 17.6 Å². The van der Waals surface area contributed by atoms with Crippen LogP contribution in [0.1, 0.15) is 25.2 Å². The molecule has 0 bridgehead atoms. The first-order chi connectivity index (χ1) is 11.4. The molecule has 2 aromatic rings. The lowest BCUT2D eigenvalue weighted by molar-refractivity contribution is -0.123. The van der Waals surface area contributed by atoms with Crippen molar-refractivity contribution in [2.75, 3.05) is 5.32 Å². The summed E-state index contributed by atoms with van der Waals surface area (Å²) in [6.07, 6.45) is 1.43. The first-order valence-corrected chi connectivity index (χ1v) is 7.34. The van der Waals surface area contributed by atoms with E-state index in [0.29, 0.717) is 11.3 Å². The lowest BCUT2D eigenvalue weighted by Gasteiger charge is -2.13. The van der Waals surface area contributed by atoms with E-state index in [2.05, 4.69) is 15.8 Å². The van der Waals surface area contributed by atoms with Gasteiger partial charge in [0.15, 0.2) is 5.82 Å². The van der Waals surface area contributed by atoms with Gasteiger partial charge in [-0.1, -0.05) is 23.4 Å². The Morgan fingerprint density at radius 2 is 2.04 bits per heavy atom. The molecule has 2 N–H and O–H groups in total. The lowest BCUT2D eigenvalue weighted by atomic mass is 10.1. The van der Waals surface area contributed by atoms with Gasteiger partial charge in [0, 0.05) is 17.2 Å². The third-order valence-electron chi connectivity index (χ3n) is 3.26. The quantitative estimate of drug-likeness (QED) is 0.825. The van der Waals surface area contributed by atoms with Gasteiger partial charge >= 0.3 is 0 Å². The molecule has 0 saturated carbocycles. The molecule has 24 heavy (non-hydrogen) atoms. The van der Waals surface area contributed by atoms with Crippen LogP contribution in [0.3, 0.4) is 0 Å². The molecule has 0 radical (unpaired) electrons. The predicted octanol–water partition coefficient (Wildman–Crippen LogP) is 2.67. The smallest absolute Gasteiger partial charge is 0.247 e. The maximum atomic E-state index is 13.6. The number of anilines is 1. The minimum absolute atomic E-state index is 0.275. The molecule has 0 aliphatic rings. The molecule has 0 fully saturated rings. The Bertz CT molecular complexity index is 783. The number of carbonyl (C=O) groups is 2. The monoisotopic (exact) mass is 331 g/mol. The molecule has 6 nitrogen and oxygen atoms in total. The number of nitrogens with zero attached hydrogens (tertiary/aromatic N) is 1. The van der Waals surface area contributed by atoms with E-state index in [0.717, 1.165) is 0 Å². The lowest BCUT2D eigenvalue weighted by Crippen LogP contribution is -2.41.